The molecular weight excluding hydrogens is 208 g/mol. The third-order valence-electron chi connectivity index (χ3n) is 1.77. The number of aryl methyl sites for hydroxylation is 1. The molecule has 0 fully saturated rings. The molecule has 15 heavy (non-hydrogen) atoms. The first-order chi connectivity index (χ1) is 7.27. The summed E-state index contributed by atoms with van der Waals surface area (Å²) in [6, 6.07) is 2.08. The SMILES string of the molecule is CCO/N=C/c1cnc(C)c(SCC)c1. The lowest BCUT2D eigenvalue weighted by atomic mass is 10.3. The molecule has 4 heteroatoms. The van der Waals surface area contributed by atoms with E-state index in [1.165, 1.54) is 4.90 Å². The van der Waals surface area contributed by atoms with Gasteiger partial charge in [0.1, 0.15) is 6.61 Å². The van der Waals surface area contributed by atoms with Crippen molar-refractivity contribution in [1.82, 2.24) is 4.98 Å². The third-order valence-corrected chi connectivity index (χ3v) is 2.78. The van der Waals surface area contributed by atoms with E-state index in [0.717, 1.165) is 17.0 Å². The summed E-state index contributed by atoms with van der Waals surface area (Å²) in [7, 11) is 0. The van der Waals surface area contributed by atoms with Crippen molar-refractivity contribution in [2.45, 2.75) is 25.7 Å². The van der Waals surface area contributed by atoms with Gasteiger partial charge in [0.05, 0.1) is 11.9 Å². The molecule has 1 heterocycles. The van der Waals surface area contributed by atoms with E-state index in [0.29, 0.717) is 6.61 Å². The second-order valence-electron chi connectivity index (χ2n) is 2.94. The number of aromatic nitrogens is 1. The molecule has 1 rings (SSSR count). The summed E-state index contributed by atoms with van der Waals surface area (Å²) in [5, 5.41) is 3.82. The summed E-state index contributed by atoms with van der Waals surface area (Å²) in [5.41, 5.74) is 2.04. The Morgan fingerprint density at radius 3 is 3.00 bits per heavy atom. The number of oxime groups is 1. The van der Waals surface area contributed by atoms with E-state index in [1.54, 1.807) is 24.2 Å². The van der Waals surface area contributed by atoms with Crippen LogP contribution in [0.4, 0.5) is 0 Å². The van der Waals surface area contributed by atoms with Crippen LogP contribution in [0.1, 0.15) is 25.1 Å². The minimum atomic E-state index is 0.590. The van der Waals surface area contributed by atoms with Gasteiger partial charge in [-0.3, -0.25) is 4.98 Å². The minimum absolute atomic E-state index is 0.590. The lowest BCUT2D eigenvalue weighted by molar-refractivity contribution is 0.160. The Hall–Kier alpha value is -1.03. The van der Waals surface area contributed by atoms with E-state index in [-0.39, 0.29) is 0 Å². The smallest absolute Gasteiger partial charge is 0.114 e. The molecule has 82 valence electrons. The van der Waals surface area contributed by atoms with Gasteiger partial charge < -0.3 is 4.84 Å². The summed E-state index contributed by atoms with van der Waals surface area (Å²) in [6.07, 6.45) is 3.49. The third kappa shape index (κ3) is 3.91. The summed E-state index contributed by atoms with van der Waals surface area (Å²) in [6.45, 7) is 6.64. The number of rotatable bonds is 5. The summed E-state index contributed by atoms with van der Waals surface area (Å²) in [4.78, 5) is 10.4. The average Bonchev–Trinajstić information content (AvgIpc) is 2.23. The molecule has 0 radical (unpaired) electrons. The predicted molar refractivity (Wildman–Crippen MR) is 64.6 cm³/mol. The van der Waals surface area contributed by atoms with Gasteiger partial charge in [0.25, 0.3) is 0 Å². The van der Waals surface area contributed by atoms with Gasteiger partial charge in [-0.25, -0.2) is 0 Å². The van der Waals surface area contributed by atoms with Crippen LogP contribution in [-0.2, 0) is 4.84 Å². The fraction of sp³-hybridized carbons (Fsp3) is 0.455. The van der Waals surface area contributed by atoms with Gasteiger partial charge in [0, 0.05) is 16.7 Å². The van der Waals surface area contributed by atoms with Crippen molar-refractivity contribution in [2.24, 2.45) is 5.16 Å². The van der Waals surface area contributed by atoms with Crippen LogP contribution in [0, 0.1) is 6.92 Å². The van der Waals surface area contributed by atoms with Gasteiger partial charge >= 0.3 is 0 Å². The highest BCUT2D eigenvalue weighted by Crippen LogP contribution is 2.20. The molecule has 0 saturated heterocycles. The molecule has 0 aliphatic carbocycles. The number of pyridine rings is 1. The quantitative estimate of drug-likeness (QED) is 0.438. The molecule has 0 unspecified atom stereocenters. The van der Waals surface area contributed by atoms with Crippen molar-refractivity contribution >= 4 is 18.0 Å². The Labute approximate surface area is 94.9 Å². The van der Waals surface area contributed by atoms with Crippen molar-refractivity contribution in [2.75, 3.05) is 12.4 Å². The Bertz CT molecular complexity index is 339. The van der Waals surface area contributed by atoms with Crippen LogP contribution in [0.3, 0.4) is 0 Å². The zero-order valence-electron chi connectivity index (χ0n) is 9.36. The van der Waals surface area contributed by atoms with Crippen LogP contribution in [0.25, 0.3) is 0 Å². The van der Waals surface area contributed by atoms with Gasteiger partial charge in [-0.05, 0) is 25.7 Å². The molecule has 3 nitrogen and oxygen atoms in total. The molecule has 0 spiro atoms. The molecule has 0 aliphatic rings. The van der Waals surface area contributed by atoms with Crippen molar-refractivity contribution in [3.8, 4) is 0 Å². The zero-order valence-corrected chi connectivity index (χ0v) is 10.2. The second kappa shape index (κ2) is 6.45. The summed E-state index contributed by atoms with van der Waals surface area (Å²) in [5.74, 6) is 1.05. The maximum atomic E-state index is 4.90. The van der Waals surface area contributed by atoms with Crippen LogP contribution in [0.5, 0.6) is 0 Å². The van der Waals surface area contributed by atoms with E-state index in [1.807, 2.05) is 13.8 Å². The van der Waals surface area contributed by atoms with E-state index >= 15 is 0 Å². The van der Waals surface area contributed by atoms with Crippen molar-refractivity contribution in [3.05, 3.63) is 23.5 Å². The molecule has 0 saturated carbocycles. The highest BCUT2D eigenvalue weighted by Gasteiger charge is 2.00. The molecule has 0 amide bonds. The topological polar surface area (TPSA) is 34.5 Å². The Kier molecular flexibility index (Phi) is 5.18. The van der Waals surface area contributed by atoms with Gasteiger partial charge in [0.2, 0.25) is 0 Å². The summed E-state index contributed by atoms with van der Waals surface area (Å²) >= 11 is 1.79. The van der Waals surface area contributed by atoms with Gasteiger partial charge in [-0.1, -0.05) is 12.1 Å². The van der Waals surface area contributed by atoms with Crippen molar-refractivity contribution in [3.63, 3.8) is 0 Å². The molecule has 0 bridgehead atoms. The molecule has 0 aliphatic heterocycles. The summed E-state index contributed by atoms with van der Waals surface area (Å²) < 4.78 is 0. The molecule has 0 N–H and O–H groups in total. The number of thioether (sulfide) groups is 1. The Balaban J connectivity index is 2.77. The molecule has 1 aromatic heterocycles. The number of hydrogen-bond acceptors (Lipinski definition) is 4. The zero-order chi connectivity index (χ0) is 11.1. The highest BCUT2D eigenvalue weighted by atomic mass is 32.2. The standard InChI is InChI=1S/C11H16N2OS/c1-4-14-13-8-10-6-11(15-5-2)9(3)12-7-10/h6-8H,4-5H2,1-3H3/b13-8+. The molecule has 0 atom stereocenters. The van der Waals surface area contributed by atoms with E-state index < -0.39 is 0 Å². The van der Waals surface area contributed by atoms with Crippen LogP contribution in [0.15, 0.2) is 22.3 Å². The first kappa shape index (κ1) is 12.0. The maximum absolute atomic E-state index is 4.90. The van der Waals surface area contributed by atoms with Gasteiger partial charge in [-0.15, -0.1) is 11.8 Å². The largest absolute Gasteiger partial charge is 0.396 e. The van der Waals surface area contributed by atoms with Crippen molar-refractivity contribution in [1.29, 1.82) is 0 Å². The molecule has 1 aromatic rings. The van der Waals surface area contributed by atoms with Crippen LogP contribution < -0.4 is 0 Å². The lowest BCUT2D eigenvalue weighted by Crippen LogP contribution is -1.91. The fourth-order valence-corrected chi connectivity index (χ4v) is 1.86. The van der Waals surface area contributed by atoms with Crippen LogP contribution >= 0.6 is 11.8 Å². The van der Waals surface area contributed by atoms with Crippen LogP contribution in [-0.4, -0.2) is 23.6 Å². The molecular formula is C11H16N2OS. The maximum Gasteiger partial charge on any atom is 0.114 e. The Morgan fingerprint density at radius 1 is 1.53 bits per heavy atom. The predicted octanol–water partition coefficient (Wildman–Crippen LogP) is 2.87. The second-order valence-corrected chi connectivity index (χ2v) is 4.24. The fourth-order valence-electron chi connectivity index (χ4n) is 1.07. The Morgan fingerprint density at radius 2 is 2.33 bits per heavy atom. The first-order valence-electron chi connectivity index (χ1n) is 5.02. The normalized spacial score (nSPS) is 10.9. The van der Waals surface area contributed by atoms with Gasteiger partial charge in [-0.2, -0.15) is 0 Å². The highest BCUT2D eigenvalue weighted by molar-refractivity contribution is 7.99. The average molecular weight is 224 g/mol. The van der Waals surface area contributed by atoms with Crippen molar-refractivity contribution < 1.29 is 4.84 Å². The van der Waals surface area contributed by atoms with E-state index in [2.05, 4.69) is 23.1 Å². The number of nitrogens with zero attached hydrogens (tertiary/aromatic N) is 2. The van der Waals surface area contributed by atoms with Gasteiger partial charge in [0.15, 0.2) is 0 Å². The van der Waals surface area contributed by atoms with E-state index in [4.69, 9.17) is 4.84 Å². The van der Waals surface area contributed by atoms with E-state index in [9.17, 15) is 0 Å². The monoisotopic (exact) mass is 224 g/mol. The first-order valence-corrected chi connectivity index (χ1v) is 6.01. The van der Waals surface area contributed by atoms with Crippen LogP contribution in [0.2, 0.25) is 0 Å². The lowest BCUT2D eigenvalue weighted by Gasteiger charge is -2.03. The minimum Gasteiger partial charge on any atom is -0.396 e. The molecule has 0 aromatic carbocycles. The number of hydrogen-bond donors (Lipinski definition) is 0.